The van der Waals surface area contributed by atoms with Gasteiger partial charge in [-0.15, -0.1) is 0 Å². The first-order chi connectivity index (χ1) is 17.6. The molecule has 1 fully saturated rings. The first-order valence-electron chi connectivity index (χ1n) is 10.2. The van der Waals surface area contributed by atoms with Crippen LogP contribution in [0.4, 0.5) is 11.4 Å². The second-order valence-corrected chi connectivity index (χ2v) is 11.1. The van der Waals surface area contributed by atoms with Gasteiger partial charge in [0.2, 0.25) is 0 Å². The van der Waals surface area contributed by atoms with Crippen molar-refractivity contribution in [2.45, 2.75) is 4.90 Å². The van der Waals surface area contributed by atoms with Crippen molar-refractivity contribution in [3.05, 3.63) is 90.7 Å². The molecule has 10 nitrogen and oxygen atoms in total. The molecule has 1 aliphatic heterocycles. The molecule has 3 aromatic carbocycles. The Kier molecular flexibility index (Phi) is 7.87. The molecule has 1 amide bonds. The monoisotopic (exact) mass is 623 g/mol. The first-order valence-corrected chi connectivity index (χ1v) is 13.6. The van der Waals surface area contributed by atoms with Crippen LogP contribution in [0.5, 0.6) is 11.5 Å². The highest BCUT2D eigenvalue weighted by Gasteiger charge is 2.26. The minimum absolute atomic E-state index is 0.0742. The van der Waals surface area contributed by atoms with Crippen LogP contribution in [-0.4, -0.2) is 31.5 Å². The van der Waals surface area contributed by atoms with Crippen molar-refractivity contribution in [3.63, 3.8) is 0 Å². The Labute approximate surface area is 228 Å². The molecule has 1 aliphatic rings. The minimum Gasteiger partial charge on any atom is -0.493 e. The first kappa shape index (κ1) is 26.7. The highest BCUT2D eigenvalue weighted by Crippen LogP contribution is 2.40. The summed E-state index contributed by atoms with van der Waals surface area (Å²) in [5.74, 6) is -0.407. The van der Waals surface area contributed by atoms with Gasteiger partial charge in [0.1, 0.15) is 4.90 Å². The summed E-state index contributed by atoms with van der Waals surface area (Å²) >= 11 is 10.3. The zero-order chi connectivity index (χ0) is 26.7. The van der Waals surface area contributed by atoms with E-state index in [2.05, 4.69) is 26.2 Å². The van der Waals surface area contributed by atoms with E-state index in [0.29, 0.717) is 26.3 Å². The Morgan fingerprint density at radius 3 is 2.43 bits per heavy atom. The average Bonchev–Trinajstić information content (AvgIpc) is 3.20. The number of rotatable bonds is 7. The third-order valence-electron chi connectivity index (χ3n) is 4.79. The molecule has 190 valence electrons. The fourth-order valence-corrected chi connectivity index (χ4v) is 5.63. The molecule has 0 atom stereocenters. The normalized spacial score (nSPS) is 15.6. The smallest absolute Gasteiger partial charge is 0.339 e. The second-order valence-electron chi connectivity index (χ2n) is 7.28. The quantitative estimate of drug-likeness (QED) is 0.153. The molecule has 1 N–H and O–H groups in total. The van der Waals surface area contributed by atoms with Gasteiger partial charge in [0.25, 0.3) is 11.6 Å². The molecule has 0 aliphatic carbocycles. The van der Waals surface area contributed by atoms with E-state index < -0.39 is 15.0 Å². The van der Waals surface area contributed by atoms with Crippen molar-refractivity contribution in [1.29, 1.82) is 0 Å². The molecular formula is C23H15BrClN3O7S2. The number of nitrogens with zero attached hydrogens (tertiary/aromatic N) is 2. The number of methoxy groups -OCH3 is 1. The summed E-state index contributed by atoms with van der Waals surface area (Å²) in [6.45, 7) is 0. The zero-order valence-electron chi connectivity index (χ0n) is 18.7. The van der Waals surface area contributed by atoms with Gasteiger partial charge in [-0.1, -0.05) is 11.6 Å². The number of thioether (sulfide) groups is 1. The van der Waals surface area contributed by atoms with Gasteiger partial charge in [-0.25, -0.2) is 4.99 Å². The lowest BCUT2D eigenvalue weighted by Crippen LogP contribution is -2.19. The molecule has 3 aromatic rings. The fraction of sp³-hybridized carbons (Fsp3) is 0.0435. The van der Waals surface area contributed by atoms with Gasteiger partial charge in [-0.3, -0.25) is 14.9 Å². The molecule has 0 saturated carbocycles. The number of carbonyl (C=O) groups is 1. The third-order valence-corrected chi connectivity index (χ3v) is 7.77. The molecule has 0 unspecified atom stereocenters. The van der Waals surface area contributed by atoms with E-state index in [1.165, 1.54) is 13.2 Å². The summed E-state index contributed by atoms with van der Waals surface area (Å²) in [6, 6.07) is 14.1. The van der Waals surface area contributed by atoms with Crippen molar-refractivity contribution in [3.8, 4) is 11.5 Å². The maximum absolute atomic E-state index is 12.8. The SMILES string of the molecule is COc1cc(/C=C2/SC(=Nc3ccc(Cl)cc3)NC2=O)cc(Br)c1OS(=O)(=O)c1ccc([N+](=O)[O-])cc1. The lowest BCUT2D eigenvalue weighted by molar-refractivity contribution is -0.384. The Morgan fingerprint density at radius 2 is 1.81 bits per heavy atom. The molecule has 0 aromatic heterocycles. The fourth-order valence-electron chi connectivity index (χ4n) is 3.06. The summed E-state index contributed by atoms with van der Waals surface area (Å²) in [7, 11) is -3.00. The second kappa shape index (κ2) is 10.9. The number of nitrogens with one attached hydrogen (secondary N) is 1. The van der Waals surface area contributed by atoms with Crippen molar-refractivity contribution in [2.24, 2.45) is 4.99 Å². The molecule has 1 heterocycles. The van der Waals surface area contributed by atoms with E-state index >= 15 is 0 Å². The molecule has 14 heteroatoms. The molecule has 0 radical (unpaired) electrons. The number of aliphatic imine (C=N–C) groups is 1. The van der Waals surface area contributed by atoms with Crippen molar-refractivity contribution in [2.75, 3.05) is 7.11 Å². The zero-order valence-corrected chi connectivity index (χ0v) is 22.7. The number of benzene rings is 3. The van der Waals surface area contributed by atoms with Crippen LogP contribution in [0.3, 0.4) is 0 Å². The standard InChI is InChI=1S/C23H15BrClN3O7S2/c1-34-19-11-13(12-20-22(29)27-23(36-20)26-15-4-2-14(25)3-5-15)10-18(24)21(19)35-37(32,33)17-8-6-16(7-9-17)28(30)31/h2-12H,1H3,(H,26,27,29)/b20-12+. The predicted octanol–water partition coefficient (Wildman–Crippen LogP) is 5.68. The van der Waals surface area contributed by atoms with E-state index in [9.17, 15) is 23.3 Å². The van der Waals surface area contributed by atoms with Crippen molar-refractivity contribution < 1.29 is 27.1 Å². The number of hydrogen-bond donors (Lipinski definition) is 1. The molecular weight excluding hydrogens is 610 g/mol. The molecule has 0 bridgehead atoms. The Hall–Kier alpha value is -3.39. The summed E-state index contributed by atoms with van der Waals surface area (Å²) in [5, 5.41) is 14.5. The number of amidine groups is 1. The lowest BCUT2D eigenvalue weighted by Gasteiger charge is -2.13. The van der Waals surface area contributed by atoms with E-state index in [1.54, 1.807) is 36.4 Å². The number of ether oxygens (including phenoxy) is 1. The van der Waals surface area contributed by atoms with Gasteiger partial charge in [-0.2, -0.15) is 8.42 Å². The Balaban J connectivity index is 1.58. The Bertz CT molecular complexity index is 1560. The third kappa shape index (κ3) is 6.31. The molecule has 37 heavy (non-hydrogen) atoms. The average molecular weight is 625 g/mol. The van der Waals surface area contributed by atoms with E-state index in [-0.39, 0.29) is 32.5 Å². The molecule has 0 spiro atoms. The number of nitro groups is 1. The van der Waals surface area contributed by atoms with Crippen LogP contribution < -0.4 is 14.2 Å². The number of hydrogen-bond acceptors (Lipinski definition) is 9. The van der Waals surface area contributed by atoms with E-state index in [1.807, 2.05) is 0 Å². The molecule has 1 saturated heterocycles. The number of carbonyl (C=O) groups excluding carboxylic acids is 1. The minimum atomic E-state index is -4.33. The number of halogens is 2. The van der Waals surface area contributed by atoms with Crippen LogP contribution in [0.25, 0.3) is 6.08 Å². The van der Waals surface area contributed by atoms with Crippen LogP contribution in [0.15, 0.2) is 79.9 Å². The number of nitro benzene ring substituents is 1. The summed E-state index contributed by atoms with van der Waals surface area (Å²) < 4.78 is 36.3. The van der Waals surface area contributed by atoms with Gasteiger partial charge in [0.05, 0.1) is 27.1 Å². The predicted molar refractivity (Wildman–Crippen MR) is 144 cm³/mol. The summed E-state index contributed by atoms with van der Waals surface area (Å²) in [5.41, 5.74) is 0.882. The topological polar surface area (TPSA) is 137 Å². The van der Waals surface area contributed by atoms with Gasteiger partial charge in [-0.05, 0) is 87.9 Å². The van der Waals surface area contributed by atoms with Crippen LogP contribution in [-0.2, 0) is 14.9 Å². The highest BCUT2D eigenvalue weighted by molar-refractivity contribution is 9.10. The van der Waals surface area contributed by atoms with Crippen molar-refractivity contribution >= 4 is 77.9 Å². The number of non-ortho nitro benzene ring substituents is 1. The van der Waals surface area contributed by atoms with Crippen molar-refractivity contribution in [1.82, 2.24) is 5.32 Å². The summed E-state index contributed by atoms with van der Waals surface area (Å²) in [4.78, 5) is 27.1. The van der Waals surface area contributed by atoms with Gasteiger partial charge < -0.3 is 14.2 Å². The maximum atomic E-state index is 12.8. The van der Waals surface area contributed by atoms with Gasteiger partial charge >= 0.3 is 10.1 Å². The van der Waals surface area contributed by atoms with E-state index in [4.69, 9.17) is 20.5 Å². The van der Waals surface area contributed by atoms with Crippen LogP contribution in [0, 0.1) is 10.1 Å². The lowest BCUT2D eigenvalue weighted by atomic mass is 10.2. The number of amides is 1. The van der Waals surface area contributed by atoms with E-state index in [0.717, 1.165) is 36.0 Å². The summed E-state index contributed by atoms with van der Waals surface area (Å²) in [6.07, 6.45) is 1.59. The molecule has 4 rings (SSSR count). The maximum Gasteiger partial charge on any atom is 0.339 e. The van der Waals surface area contributed by atoms with Crippen LogP contribution in [0.2, 0.25) is 5.02 Å². The highest BCUT2D eigenvalue weighted by atomic mass is 79.9. The van der Waals surface area contributed by atoms with Crippen LogP contribution in [0.1, 0.15) is 5.56 Å². The Morgan fingerprint density at radius 1 is 1.14 bits per heavy atom. The van der Waals surface area contributed by atoms with Gasteiger partial charge in [0, 0.05) is 17.2 Å². The largest absolute Gasteiger partial charge is 0.493 e. The van der Waals surface area contributed by atoms with Crippen LogP contribution >= 0.6 is 39.3 Å². The van der Waals surface area contributed by atoms with Gasteiger partial charge in [0.15, 0.2) is 16.7 Å².